The van der Waals surface area contributed by atoms with Gasteiger partial charge in [-0.25, -0.2) is 13.1 Å². The molecule has 1 aromatic heterocycles. The second kappa shape index (κ2) is 13.5. The molecule has 8 heteroatoms. The molecule has 0 fully saturated rings. The molecule has 2 aromatic rings. The molecule has 0 saturated carbocycles. The summed E-state index contributed by atoms with van der Waals surface area (Å²) < 4.78 is 32.0. The number of aromatic nitrogens is 1. The Morgan fingerprint density at radius 3 is 2.52 bits per heavy atom. The Balaban J connectivity index is 1.74. The highest BCUT2D eigenvalue weighted by atomic mass is 35.5. The number of benzene rings is 1. The predicted octanol–water partition coefficient (Wildman–Crippen LogP) is 4.78. The molecule has 2 rings (SSSR count). The van der Waals surface area contributed by atoms with Crippen LogP contribution in [0.4, 0.5) is 0 Å². The van der Waals surface area contributed by atoms with Gasteiger partial charge < -0.3 is 4.74 Å². The maximum atomic E-state index is 12.3. The molecule has 0 unspecified atom stereocenters. The van der Waals surface area contributed by atoms with Crippen molar-refractivity contribution in [1.82, 2.24) is 9.71 Å². The quantitative estimate of drug-likeness (QED) is 0.320. The first-order chi connectivity index (χ1) is 14.9. The standard InChI is InChI=1S/C23H31ClN2O4S/c1-30-23(27)15-10-19(7-4-8-20-9-5-16-25-18-20)6-2-3-17-26-31(28,29)22-13-11-21(24)12-14-22/h5,9,11-14,16,18-19,26H,2-4,6-8,10,15,17H2,1H3/t19-/m0/s1. The average molecular weight is 467 g/mol. The molecule has 0 radical (unpaired) electrons. The first-order valence-corrected chi connectivity index (χ1v) is 12.5. The van der Waals surface area contributed by atoms with Crippen LogP contribution < -0.4 is 4.72 Å². The van der Waals surface area contributed by atoms with E-state index in [-0.39, 0.29) is 10.9 Å². The summed E-state index contributed by atoms with van der Waals surface area (Å²) in [5.41, 5.74) is 1.21. The number of ether oxygens (including phenoxy) is 1. The largest absolute Gasteiger partial charge is 0.469 e. The van der Waals surface area contributed by atoms with E-state index in [2.05, 4.69) is 15.8 Å². The van der Waals surface area contributed by atoms with Gasteiger partial charge in [-0.2, -0.15) is 0 Å². The monoisotopic (exact) mass is 466 g/mol. The van der Waals surface area contributed by atoms with Gasteiger partial charge in [0, 0.05) is 30.4 Å². The lowest BCUT2D eigenvalue weighted by Gasteiger charge is -2.16. The van der Waals surface area contributed by atoms with Crippen LogP contribution in [0.5, 0.6) is 0 Å². The number of carbonyl (C=O) groups excluding carboxylic acids is 1. The second-order valence-corrected chi connectivity index (χ2v) is 9.79. The van der Waals surface area contributed by atoms with Gasteiger partial charge in [-0.15, -0.1) is 0 Å². The molecule has 0 aliphatic carbocycles. The van der Waals surface area contributed by atoms with Crippen molar-refractivity contribution in [3.05, 3.63) is 59.4 Å². The molecule has 0 amide bonds. The number of esters is 1. The molecule has 6 nitrogen and oxygen atoms in total. The number of nitrogens with one attached hydrogen (secondary N) is 1. The van der Waals surface area contributed by atoms with Crippen molar-refractivity contribution < 1.29 is 17.9 Å². The van der Waals surface area contributed by atoms with Crippen LogP contribution in [-0.2, 0) is 26.0 Å². The molecular weight excluding hydrogens is 436 g/mol. The zero-order chi connectivity index (χ0) is 22.5. The molecule has 1 heterocycles. The van der Waals surface area contributed by atoms with E-state index in [0.717, 1.165) is 44.9 Å². The maximum Gasteiger partial charge on any atom is 0.305 e. The first kappa shape index (κ1) is 25.3. The second-order valence-electron chi connectivity index (χ2n) is 7.58. The lowest BCUT2D eigenvalue weighted by molar-refractivity contribution is -0.141. The van der Waals surface area contributed by atoms with Crippen LogP contribution in [0, 0.1) is 5.92 Å². The van der Waals surface area contributed by atoms with Crippen LogP contribution in [-0.4, -0.2) is 33.0 Å². The Labute approximate surface area is 190 Å². The number of unbranched alkanes of at least 4 members (excludes halogenated alkanes) is 1. The molecule has 170 valence electrons. The number of nitrogens with zero attached hydrogens (tertiary/aromatic N) is 1. The number of methoxy groups -OCH3 is 1. The van der Waals surface area contributed by atoms with Gasteiger partial charge in [0.05, 0.1) is 12.0 Å². The fourth-order valence-corrected chi connectivity index (χ4v) is 4.66. The number of aryl methyl sites for hydroxylation is 1. The number of hydrogen-bond acceptors (Lipinski definition) is 5. The van der Waals surface area contributed by atoms with Crippen molar-refractivity contribution >= 4 is 27.6 Å². The molecule has 1 aromatic carbocycles. The fraction of sp³-hybridized carbons (Fsp3) is 0.478. The first-order valence-electron chi connectivity index (χ1n) is 10.6. The van der Waals surface area contributed by atoms with E-state index in [1.807, 2.05) is 12.3 Å². The van der Waals surface area contributed by atoms with Gasteiger partial charge in [0.2, 0.25) is 10.0 Å². The summed E-state index contributed by atoms with van der Waals surface area (Å²) >= 11 is 5.82. The van der Waals surface area contributed by atoms with Gasteiger partial charge >= 0.3 is 5.97 Å². The number of pyridine rings is 1. The van der Waals surface area contributed by atoms with Crippen LogP contribution in [0.15, 0.2) is 53.7 Å². The molecule has 0 aliphatic rings. The van der Waals surface area contributed by atoms with E-state index in [4.69, 9.17) is 16.3 Å². The summed E-state index contributed by atoms with van der Waals surface area (Å²) in [7, 11) is -2.11. The highest BCUT2D eigenvalue weighted by molar-refractivity contribution is 7.89. The van der Waals surface area contributed by atoms with E-state index in [1.54, 1.807) is 18.3 Å². The van der Waals surface area contributed by atoms with Crippen molar-refractivity contribution in [2.24, 2.45) is 5.92 Å². The predicted molar refractivity (Wildman–Crippen MR) is 122 cm³/mol. The minimum Gasteiger partial charge on any atom is -0.469 e. The minimum absolute atomic E-state index is 0.187. The Morgan fingerprint density at radius 2 is 1.84 bits per heavy atom. The van der Waals surface area contributed by atoms with Crippen molar-refractivity contribution in [3.63, 3.8) is 0 Å². The summed E-state index contributed by atoms with van der Waals surface area (Å²) in [4.78, 5) is 15.9. The van der Waals surface area contributed by atoms with Gasteiger partial charge in [-0.3, -0.25) is 9.78 Å². The third-order valence-corrected chi connectivity index (χ3v) is 6.97. The lowest BCUT2D eigenvalue weighted by atomic mass is 9.91. The average Bonchev–Trinajstić information content (AvgIpc) is 2.77. The van der Waals surface area contributed by atoms with Crippen molar-refractivity contribution in [2.75, 3.05) is 13.7 Å². The SMILES string of the molecule is COC(=O)CC[C@@H](CCCCNS(=O)(=O)c1ccc(Cl)cc1)CCCc1cccnc1. The van der Waals surface area contributed by atoms with Gasteiger partial charge in [-0.1, -0.05) is 36.9 Å². The lowest BCUT2D eigenvalue weighted by Crippen LogP contribution is -2.24. The van der Waals surface area contributed by atoms with Crippen LogP contribution in [0.3, 0.4) is 0 Å². The van der Waals surface area contributed by atoms with E-state index in [9.17, 15) is 13.2 Å². The molecule has 0 spiro atoms. The van der Waals surface area contributed by atoms with Crippen molar-refractivity contribution in [2.45, 2.75) is 56.3 Å². The number of carbonyl (C=O) groups is 1. The Morgan fingerprint density at radius 1 is 1.10 bits per heavy atom. The third-order valence-electron chi connectivity index (χ3n) is 5.24. The van der Waals surface area contributed by atoms with E-state index >= 15 is 0 Å². The van der Waals surface area contributed by atoms with Gasteiger partial charge in [0.1, 0.15) is 0 Å². The van der Waals surface area contributed by atoms with Crippen LogP contribution in [0.1, 0.15) is 50.5 Å². The molecule has 1 N–H and O–H groups in total. The third kappa shape index (κ3) is 9.80. The minimum atomic E-state index is -3.52. The smallest absolute Gasteiger partial charge is 0.305 e. The number of halogens is 1. The molecular formula is C23H31ClN2O4S. The van der Waals surface area contributed by atoms with Gasteiger partial charge in [0.15, 0.2) is 0 Å². The van der Waals surface area contributed by atoms with Crippen molar-refractivity contribution in [1.29, 1.82) is 0 Å². The Hall–Kier alpha value is -1.96. The normalized spacial score (nSPS) is 12.5. The Bertz CT molecular complexity index is 890. The summed E-state index contributed by atoms with van der Waals surface area (Å²) in [5.74, 6) is 0.219. The molecule has 31 heavy (non-hydrogen) atoms. The van der Waals surface area contributed by atoms with Crippen LogP contribution in [0.2, 0.25) is 5.02 Å². The fourth-order valence-electron chi connectivity index (χ4n) is 3.46. The summed E-state index contributed by atoms with van der Waals surface area (Å²) in [6.45, 7) is 0.379. The zero-order valence-electron chi connectivity index (χ0n) is 17.9. The molecule has 0 saturated heterocycles. The van der Waals surface area contributed by atoms with Crippen LogP contribution in [0.25, 0.3) is 0 Å². The summed E-state index contributed by atoms with van der Waals surface area (Å²) in [6.07, 6.45) is 10.4. The highest BCUT2D eigenvalue weighted by Gasteiger charge is 2.14. The Kier molecular flexibility index (Phi) is 11.0. The van der Waals surface area contributed by atoms with Crippen LogP contribution >= 0.6 is 11.6 Å². The van der Waals surface area contributed by atoms with Gasteiger partial charge in [0.25, 0.3) is 0 Å². The number of hydrogen-bond donors (Lipinski definition) is 1. The van der Waals surface area contributed by atoms with E-state index < -0.39 is 10.0 Å². The molecule has 0 aliphatic heterocycles. The van der Waals surface area contributed by atoms with Gasteiger partial charge in [-0.05, 0) is 67.5 Å². The van der Waals surface area contributed by atoms with E-state index in [1.165, 1.54) is 24.8 Å². The van der Waals surface area contributed by atoms with E-state index in [0.29, 0.717) is 23.9 Å². The highest BCUT2D eigenvalue weighted by Crippen LogP contribution is 2.22. The van der Waals surface area contributed by atoms with Crippen molar-refractivity contribution in [3.8, 4) is 0 Å². The number of rotatable bonds is 14. The summed E-state index contributed by atoms with van der Waals surface area (Å²) in [5, 5.41) is 0.500. The number of sulfonamides is 1. The summed E-state index contributed by atoms with van der Waals surface area (Å²) in [6, 6.07) is 10.1. The zero-order valence-corrected chi connectivity index (χ0v) is 19.5. The topological polar surface area (TPSA) is 85.4 Å². The maximum absolute atomic E-state index is 12.3. The molecule has 1 atom stereocenters. The molecule has 0 bridgehead atoms.